The smallest absolute Gasteiger partial charge is 0.193 e. The van der Waals surface area contributed by atoms with Crippen molar-refractivity contribution in [2.45, 2.75) is 31.9 Å². The molecule has 1 saturated heterocycles. The van der Waals surface area contributed by atoms with Gasteiger partial charge in [-0.25, -0.2) is 0 Å². The number of aliphatic hydroxyl groups is 1. The highest BCUT2D eigenvalue weighted by atomic mass is 16.5. The van der Waals surface area contributed by atoms with E-state index >= 15 is 0 Å². The molecule has 2 aromatic rings. The predicted molar refractivity (Wildman–Crippen MR) is 108 cm³/mol. The lowest BCUT2D eigenvalue weighted by molar-refractivity contribution is 0.0421. The summed E-state index contributed by atoms with van der Waals surface area (Å²) in [7, 11) is 1.81. The molecule has 0 amide bonds. The zero-order chi connectivity index (χ0) is 19.6. The summed E-state index contributed by atoms with van der Waals surface area (Å²) >= 11 is 0. The van der Waals surface area contributed by atoms with Gasteiger partial charge in [0, 0.05) is 45.8 Å². The maximum atomic E-state index is 11.1. The Labute approximate surface area is 166 Å². The third-order valence-corrected chi connectivity index (χ3v) is 5.81. The summed E-state index contributed by atoms with van der Waals surface area (Å²) in [6.45, 7) is 6.89. The van der Waals surface area contributed by atoms with E-state index in [1.54, 1.807) is 7.05 Å². The van der Waals surface area contributed by atoms with Gasteiger partial charge in [-0.05, 0) is 30.9 Å². The van der Waals surface area contributed by atoms with Crippen molar-refractivity contribution in [3.8, 4) is 0 Å². The van der Waals surface area contributed by atoms with Gasteiger partial charge < -0.3 is 19.8 Å². The van der Waals surface area contributed by atoms with Gasteiger partial charge >= 0.3 is 0 Å². The van der Waals surface area contributed by atoms with Crippen LogP contribution in [0.2, 0.25) is 0 Å². The van der Waals surface area contributed by atoms with Crippen LogP contribution in [0.4, 0.5) is 0 Å². The van der Waals surface area contributed by atoms with Crippen LogP contribution in [-0.2, 0) is 18.6 Å². The molecule has 7 nitrogen and oxygen atoms in total. The van der Waals surface area contributed by atoms with Crippen LogP contribution < -0.4 is 5.32 Å². The summed E-state index contributed by atoms with van der Waals surface area (Å²) in [6.07, 6.45) is 1.67. The highest BCUT2D eigenvalue weighted by Crippen LogP contribution is 2.36. The Bertz CT molecular complexity index is 841. The van der Waals surface area contributed by atoms with Gasteiger partial charge in [0.05, 0.1) is 12.2 Å². The van der Waals surface area contributed by atoms with Crippen LogP contribution in [0.15, 0.2) is 39.8 Å². The van der Waals surface area contributed by atoms with Gasteiger partial charge in [0.25, 0.3) is 0 Å². The maximum absolute atomic E-state index is 11.1. The van der Waals surface area contributed by atoms with E-state index in [1.165, 1.54) is 5.56 Å². The Balaban J connectivity index is 1.31. The molecule has 2 heterocycles. The summed E-state index contributed by atoms with van der Waals surface area (Å²) in [5.41, 5.74) is 2.46. The standard InChI is InChI=1S/C21H29N5O2/c1-16-13-18(24-28-16)14-25-9-11-26(12-10-25)20(22-2)23-15-21(27)8-7-17-5-3-4-6-19(17)21/h3-6,13,27H,7-12,14-15H2,1-2H3,(H,22,23). The van der Waals surface area contributed by atoms with E-state index in [0.29, 0.717) is 6.54 Å². The topological polar surface area (TPSA) is 77.1 Å². The molecular formula is C21H29N5O2. The van der Waals surface area contributed by atoms with E-state index in [1.807, 2.05) is 31.2 Å². The van der Waals surface area contributed by atoms with Crippen LogP contribution in [-0.4, -0.2) is 65.8 Å². The molecule has 4 rings (SSSR count). The van der Waals surface area contributed by atoms with E-state index in [2.05, 4.69) is 31.3 Å². The number of benzene rings is 1. The van der Waals surface area contributed by atoms with E-state index in [4.69, 9.17) is 4.52 Å². The summed E-state index contributed by atoms with van der Waals surface area (Å²) in [6, 6.07) is 10.2. The molecule has 1 atom stereocenters. The van der Waals surface area contributed by atoms with Gasteiger partial charge in [0.2, 0.25) is 0 Å². The predicted octanol–water partition coefficient (Wildman–Crippen LogP) is 1.51. The summed E-state index contributed by atoms with van der Waals surface area (Å²) in [5.74, 6) is 1.71. The second-order valence-corrected chi connectivity index (χ2v) is 7.78. The summed E-state index contributed by atoms with van der Waals surface area (Å²) in [4.78, 5) is 9.08. The first kappa shape index (κ1) is 19.0. The zero-order valence-corrected chi connectivity index (χ0v) is 16.7. The molecule has 1 aromatic carbocycles. The van der Waals surface area contributed by atoms with Crippen molar-refractivity contribution in [3.63, 3.8) is 0 Å². The van der Waals surface area contributed by atoms with Crippen LogP contribution in [0.5, 0.6) is 0 Å². The number of aliphatic imine (C=N–C) groups is 1. The third kappa shape index (κ3) is 3.91. The van der Waals surface area contributed by atoms with Gasteiger partial charge in [0.1, 0.15) is 11.4 Å². The van der Waals surface area contributed by atoms with Crippen molar-refractivity contribution in [1.82, 2.24) is 20.3 Å². The number of piperazine rings is 1. The van der Waals surface area contributed by atoms with Gasteiger partial charge in [-0.2, -0.15) is 0 Å². The normalized spacial score (nSPS) is 23.1. The minimum absolute atomic E-state index is 0.481. The number of rotatable bonds is 4. The molecule has 7 heteroatoms. The van der Waals surface area contributed by atoms with Gasteiger partial charge in [-0.1, -0.05) is 29.4 Å². The quantitative estimate of drug-likeness (QED) is 0.616. The average Bonchev–Trinajstić information content (AvgIpc) is 3.27. The van der Waals surface area contributed by atoms with E-state index in [0.717, 1.165) is 68.5 Å². The molecule has 1 fully saturated rings. The second kappa shape index (κ2) is 7.93. The summed E-state index contributed by atoms with van der Waals surface area (Å²) < 4.78 is 5.16. The largest absolute Gasteiger partial charge is 0.383 e. The van der Waals surface area contributed by atoms with E-state index in [-0.39, 0.29) is 0 Å². The molecule has 0 bridgehead atoms. The number of aromatic nitrogens is 1. The van der Waals surface area contributed by atoms with Crippen molar-refractivity contribution in [2.24, 2.45) is 4.99 Å². The third-order valence-electron chi connectivity index (χ3n) is 5.81. The molecule has 150 valence electrons. The summed E-state index contributed by atoms with van der Waals surface area (Å²) in [5, 5.41) is 18.6. The number of nitrogens with zero attached hydrogens (tertiary/aromatic N) is 4. The molecular weight excluding hydrogens is 354 g/mol. The molecule has 1 aliphatic heterocycles. The van der Waals surface area contributed by atoms with Crippen molar-refractivity contribution < 1.29 is 9.63 Å². The molecule has 0 spiro atoms. The lowest BCUT2D eigenvalue weighted by Gasteiger charge is -2.37. The number of aryl methyl sites for hydroxylation is 2. The Kier molecular flexibility index (Phi) is 5.37. The first-order valence-electron chi connectivity index (χ1n) is 9.98. The second-order valence-electron chi connectivity index (χ2n) is 7.78. The molecule has 2 N–H and O–H groups in total. The van der Waals surface area contributed by atoms with Crippen molar-refractivity contribution >= 4 is 5.96 Å². The van der Waals surface area contributed by atoms with Crippen LogP contribution >= 0.6 is 0 Å². The zero-order valence-electron chi connectivity index (χ0n) is 16.7. The molecule has 1 aliphatic carbocycles. The van der Waals surface area contributed by atoms with E-state index < -0.39 is 5.60 Å². The first-order valence-corrected chi connectivity index (χ1v) is 9.98. The number of guanidine groups is 1. The van der Waals surface area contributed by atoms with Gasteiger partial charge in [-0.15, -0.1) is 0 Å². The fourth-order valence-corrected chi connectivity index (χ4v) is 4.25. The van der Waals surface area contributed by atoms with Crippen molar-refractivity contribution in [3.05, 3.63) is 52.9 Å². The van der Waals surface area contributed by atoms with Crippen LogP contribution in [0.1, 0.15) is 29.0 Å². The van der Waals surface area contributed by atoms with Gasteiger partial charge in [-0.3, -0.25) is 9.89 Å². The van der Waals surface area contributed by atoms with Gasteiger partial charge in [0.15, 0.2) is 5.96 Å². The SMILES string of the molecule is CN=C(NCC1(O)CCc2ccccc21)N1CCN(Cc2cc(C)on2)CC1. The highest BCUT2D eigenvalue weighted by molar-refractivity contribution is 5.80. The lowest BCUT2D eigenvalue weighted by Crippen LogP contribution is -2.54. The molecule has 0 saturated carbocycles. The number of hydrogen-bond donors (Lipinski definition) is 2. The number of nitrogens with one attached hydrogen (secondary N) is 1. The Morgan fingerprint density at radius 2 is 2.07 bits per heavy atom. The molecule has 28 heavy (non-hydrogen) atoms. The number of fused-ring (bicyclic) bond motifs is 1. The monoisotopic (exact) mass is 383 g/mol. The van der Waals surface area contributed by atoms with Crippen LogP contribution in [0, 0.1) is 6.92 Å². The maximum Gasteiger partial charge on any atom is 0.193 e. The molecule has 0 radical (unpaired) electrons. The minimum atomic E-state index is -0.820. The average molecular weight is 383 g/mol. The molecule has 1 aromatic heterocycles. The van der Waals surface area contributed by atoms with Crippen molar-refractivity contribution in [1.29, 1.82) is 0 Å². The first-order chi connectivity index (χ1) is 13.6. The Hall–Kier alpha value is -2.38. The molecule has 2 aliphatic rings. The number of hydrogen-bond acceptors (Lipinski definition) is 5. The Morgan fingerprint density at radius 1 is 1.29 bits per heavy atom. The molecule has 1 unspecified atom stereocenters. The van der Waals surface area contributed by atoms with E-state index in [9.17, 15) is 5.11 Å². The minimum Gasteiger partial charge on any atom is -0.383 e. The highest BCUT2D eigenvalue weighted by Gasteiger charge is 2.36. The fraction of sp³-hybridized carbons (Fsp3) is 0.524. The fourth-order valence-electron chi connectivity index (χ4n) is 4.25. The lowest BCUT2D eigenvalue weighted by atomic mass is 9.96. The Morgan fingerprint density at radius 3 is 2.79 bits per heavy atom. The van der Waals surface area contributed by atoms with Crippen molar-refractivity contribution in [2.75, 3.05) is 39.8 Å². The van der Waals surface area contributed by atoms with Crippen LogP contribution in [0.3, 0.4) is 0 Å². The van der Waals surface area contributed by atoms with Crippen LogP contribution in [0.25, 0.3) is 0 Å².